The molecule has 1 aromatic carbocycles. The number of carbonyl (C=O) groups is 1. The Labute approximate surface area is 165 Å². The van der Waals surface area contributed by atoms with Gasteiger partial charge in [-0.1, -0.05) is 24.6 Å². The summed E-state index contributed by atoms with van der Waals surface area (Å²) in [5.41, 5.74) is 0.983. The Hall–Kier alpha value is -2.19. The third kappa shape index (κ3) is 3.71. The van der Waals surface area contributed by atoms with Crippen molar-refractivity contribution in [3.63, 3.8) is 0 Å². The van der Waals surface area contributed by atoms with Crippen molar-refractivity contribution in [2.45, 2.75) is 62.6 Å². The Kier molecular flexibility index (Phi) is 5.50. The van der Waals surface area contributed by atoms with Gasteiger partial charge in [0, 0.05) is 19.5 Å². The second kappa shape index (κ2) is 8.05. The van der Waals surface area contributed by atoms with Crippen LogP contribution in [0.3, 0.4) is 0 Å². The van der Waals surface area contributed by atoms with Gasteiger partial charge in [-0.2, -0.15) is 4.31 Å². The standard InChI is InChI=1S/C20H26N4O3S/c25-20(22-15-16-14-21-19-11-5-6-12-23(16)19)18-10-4-7-13-24(18)28(26,27)17-8-2-1-3-9-17/h1-3,8-9,14,18H,4-7,10-13,15H2,(H,22,25). The van der Waals surface area contributed by atoms with E-state index in [1.807, 2.05) is 6.20 Å². The van der Waals surface area contributed by atoms with Gasteiger partial charge < -0.3 is 9.88 Å². The van der Waals surface area contributed by atoms with Crippen LogP contribution < -0.4 is 5.32 Å². The fraction of sp³-hybridized carbons (Fsp3) is 0.500. The molecule has 2 aliphatic rings. The summed E-state index contributed by atoms with van der Waals surface area (Å²) in [7, 11) is -3.69. The number of hydrogen-bond acceptors (Lipinski definition) is 4. The van der Waals surface area contributed by atoms with Gasteiger partial charge in [0.1, 0.15) is 11.9 Å². The highest BCUT2D eigenvalue weighted by molar-refractivity contribution is 7.89. The molecule has 28 heavy (non-hydrogen) atoms. The monoisotopic (exact) mass is 402 g/mol. The van der Waals surface area contributed by atoms with E-state index in [9.17, 15) is 13.2 Å². The number of hydrogen-bond donors (Lipinski definition) is 1. The van der Waals surface area contributed by atoms with Crippen molar-refractivity contribution in [2.75, 3.05) is 6.54 Å². The average Bonchev–Trinajstić information content (AvgIpc) is 3.16. The molecule has 2 aromatic rings. The van der Waals surface area contributed by atoms with Crippen molar-refractivity contribution in [1.82, 2.24) is 19.2 Å². The molecule has 1 aromatic heterocycles. The Morgan fingerprint density at radius 2 is 1.89 bits per heavy atom. The lowest BCUT2D eigenvalue weighted by Crippen LogP contribution is -2.51. The van der Waals surface area contributed by atoms with Gasteiger partial charge in [0.25, 0.3) is 0 Å². The van der Waals surface area contributed by atoms with Gasteiger partial charge in [-0.15, -0.1) is 0 Å². The van der Waals surface area contributed by atoms with E-state index >= 15 is 0 Å². The van der Waals surface area contributed by atoms with E-state index in [1.54, 1.807) is 30.3 Å². The topological polar surface area (TPSA) is 84.3 Å². The molecule has 4 rings (SSSR count). The summed E-state index contributed by atoms with van der Waals surface area (Å²) in [6.07, 6.45) is 7.22. The summed E-state index contributed by atoms with van der Waals surface area (Å²) in [6.45, 7) is 1.68. The lowest BCUT2D eigenvalue weighted by Gasteiger charge is -2.33. The molecule has 0 spiro atoms. The number of nitrogens with zero attached hydrogens (tertiary/aromatic N) is 3. The van der Waals surface area contributed by atoms with Crippen LogP contribution in [0, 0.1) is 0 Å². The zero-order chi connectivity index (χ0) is 19.6. The van der Waals surface area contributed by atoms with E-state index in [2.05, 4.69) is 14.9 Å². The predicted molar refractivity (Wildman–Crippen MR) is 105 cm³/mol. The summed E-state index contributed by atoms with van der Waals surface area (Å²) < 4.78 is 29.7. The average molecular weight is 403 g/mol. The maximum atomic E-state index is 13.1. The third-order valence-corrected chi connectivity index (χ3v) is 7.53. The maximum absolute atomic E-state index is 13.1. The van der Waals surface area contributed by atoms with Crippen LogP contribution in [-0.2, 0) is 34.3 Å². The van der Waals surface area contributed by atoms with Gasteiger partial charge >= 0.3 is 0 Å². The molecule has 1 fully saturated rings. The molecule has 0 aliphatic carbocycles. The summed E-state index contributed by atoms with van der Waals surface area (Å²) in [6, 6.07) is 7.69. The molecule has 3 heterocycles. The molecule has 1 saturated heterocycles. The Morgan fingerprint density at radius 3 is 2.71 bits per heavy atom. The molecule has 150 valence electrons. The van der Waals surface area contributed by atoms with Gasteiger partial charge in [-0.05, 0) is 37.8 Å². The summed E-state index contributed by atoms with van der Waals surface area (Å²) in [5.74, 6) is 0.840. The number of amides is 1. The number of piperidine rings is 1. The van der Waals surface area contributed by atoms with Crippen molar-refractivity contribution in [3.05, 3.63) is 48.0 Å². The fourth-order valence-electron chi connectivity index (χ4n) is 4.10. The fourth-order valence-corrected chi connectivity index (χ4v) is 5.78. The highest BCUT2D eigenvalue weighted by Crippen LogP contribution is 2.25. The normalized spacial score (nSPS) is 20.5. The number of fused-ring (bicyclic) bond motifs is 1. The molecular formula is C20H26N4O3S. The van der Waals surface area contributed by atoms with Crippen LogP contribution >= 0.6 is 0 Å². The van der Waals surface area contributed by atoms with Gasteiger partial charge in [0.05, 0.1) is 23.3 Å². The summed E-state index contributed by atoms with van der Waals surface area (Å²) in [5, 5.41) is 2.95. The molecule has 2 aliphatic heterocycles. The van der Waals surface area contributed by atoms with Crippen molar-refractivity contribution < 1.29 is 13.2 Å². The second-order valence-corrected chi connectivity index (χ2v) is 9.32. The number of aromatic nitrogens is 2. The molecule has 0 bridgehead atoms. The van der Waals surface area contributed by atoms with E-state index in [0.717, 1.165) is 50.2 Å². The molecule has 1 N–H and O–H groups in total. The molecule has 8 heteroatoms. The highest BCUT2D eigenvalue weighted by atomic mass is 32.2. The minimum atomic E-state index is -3.69. The van der Waals surface area contributed by atoms with Gasteiger partial charge in [0.15, 0.2) is 0 Å². The molecule has 0 saturated carbocycles. The van der Waals surface area contributed by atoms with Crippen LogP contribution in [0.5, 0.6) is 0 Å². The van der Waals surface area contributed by atoms with Crippen LogP contribution in [0.25, 0.3) is 0 Å². The molecule has 1 atom stereocenters. The Bertz CT molecular complexity index is 940. The maximum Gasteiger partial charge on any atom is 0.243 e. The van der Waals surface area contributed by atoms with Crippen molar-refractivity contribution in [1.29, 1.82) is 0 Å². The quantitative estimate of drug-likeness (QED) is 0.830. The van der Waals surface area contributed by atoms with Crippen molar-refractivity contribution in [2.24, 2.45) is 0 Å². The third-order valence-electron chi connectivity index (χ3n) is 5.60. The van der Waals surface area contributed by atoms with Crippen LogP contribution in [-0.4, -0.2) is 40.8 Å². The zero-order valence-electron chi connectivity index (χ0n) is 15.9. The lowest BCUT2D eigenvalue weighted by molar-refractivity contribution is -0.125. The molecule has 1 unspecified atom stereocenters. The smallest absolute Gasteiger partial charge is 0.243 e. The van der Waals surface area contributed by atoms with Crippen LogP contribution in [0.15, 0.2) is 41.4 Å². The van der Waals surface area contributed by atoms with E-state index in [0.29, 0.717) is 19.5 Å². The number of carbonyl (C=O) groups excluding carboxylic acids is 1. The number of sulfonamides is 1. The minimum Gasteiger partial charge on any atom is -0.349 e. The Balaban J connectivity index is 1.48. The number of benzene rings is 1. The number of rotatable bonds is 5. The molecule has 0 radical (unpaired) electrons. The number of aryl methyl sites for hydroxylation is 1. The van der Waals surface area contributed by atoms with E-state index in [4.69, 9.17) is 0 Å². The predicted octanol–water partition coefficient (Wildman–Crippen LogP) is 2.08. The van der Waals surface area contributed by atoms with Crippen LogP contribution in [0.2, 0.25) is 0 Å². The first kappa shape index (κ1) is 19.1. The first-order valence-electron chi connectivity index (χ1n) is 9.95. The van der Waals surface area contributed by atoms with E-state index in [-0.39, 0.29) is 10.8 Å². The lowest BCUT2D eigenvalue weighted by atomic mass is 10.0. The van der Waals surface area contributed by atoms with Gasteiger partial charge in [-0.25, -0.2) is 13.4 Å². The first-order valence-corrected chi connectivity index (χ1v) is 11.4. The van der Waals surface area contributed by atoms with Crippen molar-refractivity contribution in [3.8, 4) is 0 Å². The SMILES string of the molecule is O=C(NCc1cnc2n1CCCC2)C1CCCCN1S(=O)(=O)c1ccccc1. The zero-order valence-corrected chi connectivity index (χ0v) is 16.7. The summed E-state index contributed by atoms with van der Waals surface area (Å²) in [4.78, 5) is 17.6. The molecular weight excluding hydrogens is 376 g/mol. The first-order chi connectivity index (χ1) is 13.6. The van der Waals surface area contributed by atoms with E-state index < -0.39 is 16.1 Å². The molecule has 1 amide bonds. The van der Waals surface area contributed by atoms with Crippen molar-refractivity contribution >= 4 is 15.9 Å². The van der Waals surface area contributed by atoms with Gasteiger partial charge in [-0.3, -0.25) is 4.79 Å². The van der Waals surface area contributed by atoms with Gasteiger partial charge in [0.2, 0.25) is 15.9 Å². The van der Waals surface area contributed by atoms with E-state index in [1.165, 1.54) is 4.31 Å². The molecule has 7 nitrogen and oxygen atoms in total. The summed E-state index contributed by atoms with van der Waals surface area (Å²) >= 11 is 0. The largest absolute Gasteiger partial charge is 0.349 e. The minimum absolute atomic E-state index is 0.231. The van der Waals surface area contributed by atoms with Crippen LogP contribution in [0.4, 0.5) is 0 Å². The number of imidazole rings is 1. The second-order valence-electron chi connectivity index (χ2n) is 7.43. The van der Waals surface area contributed by atoms with Crippen LogP contribution in [0.1, 0.15) is 43.6 Å². The Morgan fingerprint density at radius 1 is 1.11 bits per heavy atom. The highest BCUT2D eigenvalue weighted by Gasteiger charge is 2.37. The number of nitrogens with one attached hydrogen (secondary N) is 1.